The molecule has 21 heavy (non-hydrogen) atoms. The summed E-state index contributed by atoms with van der Waals surface area (Å²) in [6, 6.07) is 5.94. The van der Waals surface area contributed by atoms with E-state index in [1.54, 1.807) is 6.33 Å². The van der Waals surface area contributed by atoms with Crippen LogP contribution in [-0.4, -0.2) is 21.4 Å². The molecule has 1 aromatic heterocycles. The van der Waals surface area contributed by atoms with Crippen molar-refractivity contribution in [1.82, 2.24) is 20.1 Å². The van der Waals surface area contributed by atoms with Crippen molar-refractivity contribution in [3.63, 3.8) is 0 Å². The Kier molecular flexibility index (Phi) is 5.37. The first kappa shape index (κ1) is 15.5. The second-order valence-electron chi connectivity index (χ2n) is 4.65. The molecule has 0 amide bonds. The summed E-state index contributed by atoms with van der Waals surface area (Å²) in [4.78, 5) is 0. The molecule has 0 aliphatic rings. The van der Waals surface area contributed by atoms with Gasteiger partial charge >= 0.3 is 0 Å². The van der Waals surface area contributed by atoms with E-state index in [0.717, 1.165) is 21.6 Å². The Morgan fingerprint density at radius 1 is 1.52 bits per heavy atom. The van der Waals surface area contributed by atoms with Gasteiger partial charge in [-0.1, -0.05) is 21.9 Å². The predicted molar refractivity (Wildman–Crippen MR) is 84.7 cm³/mol. The molecule has 1 unspecified atom stereocenters. The summed E-state index contributed by atoms with van der Waals surface area (Å²) >= 11 is 3.47. The summed E-state index contributed by atoms with van der Waals surface area (Å²) in [5.41, 5.74) is 1.04. The van der Waals surface area contributed by atoms with Gasteiger partial charge in [0, 0.05) is 23.6 Å². The fourth-order valence-corrected chi connectivity index (χ4v) is 2.39. The molecule has 0 bridgehead atoms. The van der Waals surface area contributed by atoms with E-state index in [2.05, 4.69) is 37.4 Å². The summed E-state index contributed by atoms with van der Waals surface area (Å²) in [5.74, 6) is 4.15. The predicted octanol–water partition coefficient (Wildman–Crippen LogP) is 2.44. The number of terminal acetylenes is 1. The van der Waals surface area contributed by atoms with Crippen molar-refractivity contribution in [1.29, 1.82) is 0 Å². The maximum absolute atomic E-state index is 5.56. The molecule has 0 saturated heterocycles. The van der Waals surface area contributed by atoms with Crippen molar-refractivity contribution in [3.8, 4) is 18.1 Å². The van der Waals surface area contributed by atoms with E-state index in [-0.39, 0.29) is 12.6 Å². The highest BCUT2D eigenvalue weighted by Gasteiger charge is 2.12. The zero-order chi connectivity index (χ0) is 15.2. The minimum Gasteiger partial charge on any atom is -0.481 e. The van der Waals surface area contributed by atoms with E-state index in [4.69, 9.17) is 11.2 Å². The van der Waals surface area contributed by atoms with E-state index in [9.17, 15) is 0 Å². The van der Waals surface area contributed by atoms with Gasteiger partial charge in [-0.3, -0.25) is 0 Å². The molecule has 1 heterocycles. The van der Waals surface area contributed by atoms with E-state index >= 15 is 0 Å². The Balaban J connectivity index is 2.07. The zero-order valence-corrected chi connectivity index (χ0v) is 13.6. The molecule has 1 aromatic carbocycles. The molecule has 6 heteroatoms. The van der Waals surface area contributed by atoms with E-state index < -0.39 is 0 Å². The van der Waals surface area contributed by atoms with Crippen LogP contribution in [0.5, 0.6) is 5.75 Å². The highest BCUT2D eigenvalue weighted by Crippen LogP contribution is 2.24. The lowest BCUT2D eigenvalue weighted by molar-refractivity contribution is 0.363. The summed E-state index contributed by atoms with van der Waals surface area (Å²) in [5, 5.41) is 11.4. The third-order valence-electron chi connectivity index (χ3n) is 3.07. The molecule has 0 fully saturated rings. The minimum atomic E-state index is 0.0805. The van der Waals surface area contributed by atoms with Crippen LogP contribution in [0.15, 0.2) is 29.0 Å². The molecule has 110 valence electrons. The first-order chi connectivity index (χ1) is 10.1. The Morgan fingerprint density at radius 3 is 3.00 bits per heavy atom. The second-order valence-corrected chi connectivity index (χ2v) is 5.56. The number of ether oxygens (including phenoxy) is 1. The number of benzene rings is 1. The van der Waals surface area contributed by atoms with Crippen LogP contribution < -0.4 is 10.1 Å². The molecule has 1 N–H and O–H groups in total. The third kappa shape index (κ3) is 4.06. The van der Waals surface area contributed by atoms with Crippen LogP contribution in [0.3, 0.4) is 0 Å². The molecule has 0 aliphatic heterocycles. The van der Waals surface area contributed by atoms with E-state index in [1.165, 1.54) is 0 Å². The van der Waals surface area contributed by atoms with Gasteiger partial charge in [-0.15, -0.1) is 16.6 Å². The van der Waals surface area contributed by atoms with Gasteiger partial charge in [-0.05, 0) is 25.1 Å². The summed E-state index contributed by atoms with van der Waals surface area (Å²) < 4.78 is 8.45. The van der Waals surface area contributed by atoms with Crippen LogP contribution in [0.2, 0.25) is 0 Å². The van der Waals surface area contributed by atoms with Crippen molar-refractivity contribution >= 4 is 15.9 Å². The molecule has 0 spiro atoms. The number of halogens is 1. The topological polar surface area (TPSA) is 52.0 Å². The van der Waals surface area contributed by atoms with Crippen molar-refractivity contribution in [3.05, 3.63) is 40.4 Å². The van der Waals surface area contributed by atoms with Gasteiger partial charge < -0.3 is 14.6 Å². The van der Waals surface area contributed by atoms with Gasteiger partial charge in [0.1, 0.15) is 24.5 Å². The number of nitrogens with one attached hydrogen (secondary N) is 1. The molecule has 2 rings (SSSR count). The molecule has 0 radical (unpaired) electrons. The lowest BCUT2D eigenvalue weighted by Gasteiger charge is -2.15. The number of hydrogen-bond acceptors (Lipinski definition) is 4. The second kappa shape index (κ2) is 7.25. The van der Waals surface area contributed by atoms with Crippen LogP contribution in [0.1, 0.15) is 24.4 Å². The first-order valence-electron chi connectivity index (χ1n) is 6.53. The maximum atomic E-state index is 5.56. The molecular formula is C15H17BrN4O. The van der Waals surface area contributed by atoms with Gasteiger partial charge in [-0.2, -0.15) is 0 Å². The normalized spacial score (nSPS) is 11.9. The van der Waals surface area contributed by atoms with Gasteiger partial charge in [0.2, 0.25) is 0 Å². The first-order valence-corrected chi connectivity index (χ1v) is 7.33. The number of rotatable bonds is 6. The van der Waals surface area contributed by atoms with Crippen LogP contribution >= 0.6 is 15.9 Å². The summed E-state index contributed by atoms with van der Waals surface area (Å²) in [6.07, 6.45) is 6.93. The smallest absolute Gasteiger partial charge is 0.149 e. The number of aryl methyl sites for hydroxylation is 1. The summed E-state index contributed by atoms with van der Waals surface area (Å²) in [7, 11) is 1.92. The fourth-order valence-electron chi connectivity index (χ4n) is 1.98. The Bertz CT molecular complexity index is 647. The standard InChI is InChI=1S/C15H17BrN4O/c1-4-7-21-14-6-5-13(16)8-12(14)9-17-11(2)15-19-18-10-20(15)3/h1,5-6,8,10-11,17H,7,9H2,2-3H3. The Hall–Kier alpha value is -1.84. The van der Waals surface area contributed by atoms with Gasteiger partial charge in [-0.25, -0.2) is 0 Å². The molecular weight excluding hydrogens is 332 g/mol. The largest absolute Gasteiger partial charge is 0.481 e. The number of hydrogen-bond donors (Lipinski definition) is 1. The molecule has 0 aliphatic carbocycles. The van der Waals surface area contributed by atoms with Crippen molar-refractivity contribution in [2.45, 2.75) is 19.5 Å². The lowest BCUT2D eigenvalue weighted by Crippen LogP contribution is -2.21. The van der Waals surface area contributed by atoms with E-state index in [0.29, 0.717) is 6.54 Å². The van der Waals surface area contributed by atoms with Crippen molar-refractivity contribution < 1.29 is 4.74 Å². The van der Waals surface area contributed by atoms with Crippen molar-refractivity contribution in [2.24, 2.45) is 7.05 Å². The van der Waals surface area contributed by atoms with Gasteiger partial charge in [0.25, 0.3) is 0 Å². The maximum Gasteiger partial charge on any atom is 0.149 e. The lowest BCUT2D eigenvalue weighted by atomic mass is 10.2. The quantitative estimate of drug-likeness (QED) is 0.814. The van der Waals surface area contributed by atoms with Gasteiger partial charge in [0.15, 0.2) is 0 Å². The number of aromatic nitrogens is 3. The summed E-state index contributed by atoms with van der Waals surface area (Å²) in [6.45, 7) is 2.95. The fraction of sp³-hybridized carbons (Fsp3) is 0.333. The van der Waals surface area contributed by atoms with Gasteiger partial charge in [0.05, 0.1) is 6.04 Å². The van der Waals surface area contributed by atoms with Crippen LogP contribution in [-0.2, 0) is 13.6 Å². The van der Waals surface area contributed by atoms with Crippen LogP contribution in [0, 0.1) is 12.3 Å². The highest BCUT2D eigenvalue weighted by molar-refractivity contribution is 9.10. The van der Waals surface area contributed by atoms with Crippen LogP contribution in [0.25, 0.3) is 0 Å². The zero-order valence-electron chi connectivity index (χ0n) is 12.0. The third-order valence-corrected chi connectivity index (χ3v) is 3.56. The molecule has 5 nitrogen and oxygen atoms in total. The van der Waals surface area contributed by atoms with Crippen molar-refractivity contribution in [2.75, 3.05) is 6.61 Å². The Morgan fingerprint density at radius 2 is 2.33 bits per heavy atom. The number of nitrogens with zero attached hydrogens (tertiary/aromatic N) is 3. The Labute approximate surface area is 132 Å². The SMILES string of the molecule is C#CCOc1ccc(Br)cc1CNC(C)c1nncn1C. The molecule has 2 aromatic rings. The van der Waals surface area contributed by atoms with E-state index in [1.807, 2.05) is 36.7 Å². The average Bonchev–Trinajstić information content (AvgIpc) is 2.90. The minimum absolute atomic E-state index is 0.0805. The monoisotopic (exact) mass is 348 g/mol. The molecule has 1 atom stereocenters. The highest BCUT2D eigenvalue weighted by atomic mass is 79.9. The van der Waals surface area contributed by atoms with Crippen LogP contribution in [0.4, 0.5) is 0 Å². The molecule has 0 saturated carbocycles. The average molecular weight is 349 g/mol.